The van der Waals surface area contributed by atoms with Crippen molar-refractivity contribution in [3.8, 4) is 0 Å². The summed E-state index contributed by atoms with van der Waals surface area (Å²) < 4.78 is 0. The minimum atomic E-state index is -1.92. The number of halogens is 2. The van der Waals surface area contributed by atoms with Crippen LogP contribution in [0.15, 0.2) is 72.8 Å². The zero-order chi connectivity index (χ0) is 20.6. The van der Waals surface area contributed by atoms with Crippen molar-refractivity contribution in [2.75, 3.05) is 4.90 Å². The molecule has 1 amide bonds. The van der Waals surface area contributed by atoms with Gasteiger partial charge >= 0.3 is 0 Å². The normalized spacial score (nSPS) is 18.0. The van der Waals surface area contributed by atoms with Crippen LogP contribution < -0.4 is 4.90 Å². The second kappa shape index (κ2) is 7.64. The van der Waals surface area contributed by atoms with Gasteiger partial charge in [-0.05, 0) is 48.0 Å². The van der Waals surface area contributed by atoms with Crippen molar-refractivity contribution in [2.45, 2.75) is 18.6 Å². The molecule has 0 spiro atoms. The average molecular weight is 426 g/mol. The number of aliphatic hydroxyl groups is 1. The highest BCUT2D eigenvalue weighted by Gasteiger charge is 2.50. The molecule has 3 aromatic carbocycles. The molecule has 146 valence electrons. The molecule has 1 atom stereocenters. The maximum atomic E-state index is 13.3. The molecule has 0 saturated carbocycles. The van der Waals surface area contributed by atoms with Crippen LogP contribution in [0.5, 0.6) is 0 Å². The minimum Gasteiger partial charge on any atom is -0.375 e. The highest BCUT2D eigenvalue weighted by molar-refractivity contribution is 6.31. The summed E-state index contributed by atoms with van der Waals surface area (Å²) >= 11 is 11.8. The van der Waals surface area contributed by atoms with E-state index >= 15 is 0 Å². The number of hydrogen-bond acceptors (Lipinski definition) is 3. The zero-order valence-corrected chi connectivity index (χ0v) is 16.8. The molecule has 0 radical (unpaired) electrons. The largest absolute Gasteiger partial charge is 0.375 e. The number of nitrogens with zero attached hydrogens (tertiary/aromatic N) is 1. The van der Waals surface area contributed by atoms with E-state index in [0.29, 0.717) is 26.9 Å². The second-order valence-corrected chi connectivity index (χ2v) is 7.87. The number of para-hydroxylation sites is 1. The monoisotopic (exact) mass is 425 g/mol. The van der Waals surface area contributed by atoms with Crippen LogP contribution in [-0.4, -0.2) is 16.8 Å². The van der Waals surface area contributed by atoms with Crippen LogP contribution in [0.25, 0.3) is 0 Å². The number of hydrogen-bond donors (Lipinski definition) is 1. The number of Topliss-reactive ketones (excluding diaryl/α,β-unsaturated/α-hetero) is 1. The van der Waals surface area contributed by atoms with Crippen molar-refractivity contribution >= 4 is 40.6 Å². The highest BCUT2D eigenvalue weighted by atomic mass is 35.5. The lowest BCUT2D eigenvalue weighted by molar-refractivity contribution is -0.136. The molecule has 4 nitrogen and oxygen atoms in total. The third kappa shape index (κ3) is 3.67. The van der Waals surface area contributed by atoms with Crippen molar-refractivity contribution in [1.29, 1.82) is 0 Å². The van der Waals surface area contributed by atoms with E-state index in [9.17, 15) is 14.7 Å². The summed E-state index contributed by atoms with van der Waals surface area (Å²) in [5, 5.41) is 12.4. The molecule has 1 N–H and O–H groups in total. The number of anilines is 1. The SMILES string of the molecule is O=C(CC1(O)C(=O)N(Cc2ccc(Cl)cc2)c2ccccc21)c1ccc(Cl)cc1. The van der Waals surface area contributed by atoms with Gasteiger partial charge in [0.25, 0.3) is 5.91 Å². The van der Waals surface area contributed by atoms with E-state index in [1.54, 1.807) is 60.7 Å². The number of amides is 1. The lowest BCUT2D eigenvalue weighted by atomic mass is 9.88. The van der Waals surface area contributed by atoms with Crippen molar-refractivity contribution in [3.63, 3.8) is 0 Å². The molecule has 3 aromatic rings. The van der Waals surface area contributed by atoms with Gasteiger partial charge in [0.15, 0.2) is 11.4 Å². The van der Waals surface area contributed by atoms with Gasteiger partial charge < -0.3 is 10.0 Å². The fourth-order valence-electron chi connectivity index (χ4n) is 3.58. The highest BCUT2D eigenvalue weighted by Crippen LogP contribution is 2.43. The van der Waals surface area contributed by atoms with Gasteiger partial charge in [-0.2, -0.15) is 0 Å². The van der Waals surface area contributed by atoms with Crippen molar-refractivity contribution < 1.29 is 14.7 Å². The summed E-state index contributed by atoms with van der Waals surface area (Å²) in [6.45, 7) is 0.268. The number of ketones is 1. The molecule has 1 aliphatic rings. The number of carbonyl (C=O) groups is 2. The van der Waals surface area contributed by atoms with Gasteiger partial charge in [-0.25, -0.2) is 0 Å². The first kappa shape index (κ1) is 19.6. The number of carbonyl (C=O) groups excluding carboxylic acids is 2. The zero-order valence-electron chi connectivity index (χ0n) is 15.3. The van der Waals surface area contributed by atoms with Crippen LogP contribution in [0.2, 0.25) is 10.0 Å². The number of rotatable bonds is 5. The Kier molecular flexibility index (Phi) is 5.17. The van der Waals surface area contributed by atoms with Crippen LogP contribution in [-0.2, 0) is 16.9 Å². The van der Waals surface area contributed by atoms with E-state index in [1.165, 1.54) is 4.90 Å². The van der Waals surface area contributed by atoms with Crippen molar-refractivity contribution in [3.05, 3.63) is 99.5 Å². The maximum Gasteiger partial charge on any atom is 0.264 e. The lowest BCUT2D eigenvalue weighted by Crippen LogP contribution is -2.41. The van der Waals surface area contributed by atoms with Crippen molar-refractivity contribution in [2.24, 2.45) is 0 Å². The van der Waals surface area contributed by atoms with Crippen molar-refractivity contribution in [1.82, 2.24) is 0 Å². The van der Waals surface area contributed by atoms with Gasteiger partial charge in [0.2, 0.25) is 0 Å². The predicted molar refractivity (Wildman–Crippen MR) is 113 cm³/mol. The smallest absolute Gasteiger partial charge is 0.264 e. The fourth-order valence-corrected chi connectivity index (χ4v) is 3.83. The third-order valence-corrected chi connectivity index (χ3v) is 5.58. The summed E-state index contributed by atoms with van der Waals surface area (Å²) in [6.07, 6.45) is -0.346. The molecular weight excluding hydrogens is 409 g/mol. The van der Waals surface area contributed by atoms with Gasteiger partial charge in [-0.3, -0.25) is 9.59 Å². The minimum absolute atomic E-state index is 0.268. The Hall–Kier alpha value is -2.66. The Morgan fingerprint density at radius 3 is 2.14 bits per heavy atom. The van der Waals surface area contributed by atoms with E-state index in [0.717, 1.165) is 5.56 Å². The molecule has 6 heteroatoms. The van der Waals surface area contributed by atoms with Crippen LogP contribution in [0, 0.1) is 0 Å². The Morgan fingerprint density at radius 1 is 0.897 bits per heavy atom. The molecule has 0 aliphatic carbocycles. The van der Waals surface area contributed by atoms with Gasteiger partial charge in [0, 0.05) is 21.2 Å². The van der Waals surface area contributed by atoms with Gasteiger partial charge in [-0.15, -0.1) is 0 Å². The summed E-state index contributed by atoms with van der Waals surface area (Å²) in [7, 11) is 0. The third-order valence-electron chi connectivity index (χ3n) is 5.08. The van der Waals surface area contributed by atoms with E-state index < -0.39 is 11.5 Å². The Balaban J connectivity index is 1.66. The summed E-state index contributed by atoms with van der Waals surface area (Å²) in [6, 6.07) is 20.5. The first-order chi connectivity index (χ1) is 13.9. The molecule has 4 rings (SSSR count). The first-order valence-electron chi connectivity index (χ1n) is 9.05. The van der Waals surface area contributed by atoms with Gasteiger partial charge in [-0.1, -0.05) is 53.5 Å². The Morgan fingerprint density at radius 2 is 1.48 bits per heavy atom. The molecule has 0 fully saturated rings. The average Bonchev–Trinajstić information content (AvgIpc) is 2.92. The molecule has 1 heterocycles. The van der Waals surface area contributed by atoms with E-state index in [2.05, 4.69) is 0 Å². The quantitative estimate of drug-likeness (QED) is 0.585. The van der Waals surface area contributed by atoms with E-state index in [1.807, 2.05) is 12.1 Å². The topological polar surface area (TPSA) is 57.6 Å². The number of benzene rings is 3. The maximum absolute atomic E-state index is 13.3. The molecule has 0 saturated heterocycles. The number of fused-ring (bicyclic) bond motifs is 1. The molecule has 0 aromatic heterocycles. The Bertz CT molecular complexity index is 1080. The molecule has 1 unspecified atom stereocenters. The molecule has 0 bridgehead atoms. The lowest BCUT2D eigenvalue weighted by Gasteiger charge is -2.23. The van der Waals surface area contributed by atoms with Crippen LogP contribution in [0.3, 0.4) is 0 Å². The Labute approximate surface area is 178 Å². The summed E-state index contributed by atoms with van der Waals surface area (Å²) in [4.78, 5) is 27.5. The van der Waals surface area contributed by atoms with Crippen LogP contribution in [0.1, 0.15) is 27.9 Å². The predicted octanol–water partition coefficient (Wildman–Crippen LogP) is 5.00. The van der Waals surface area contributed by atoms with E-state index in [4.69, 9.17) is 23.2 Å². The second-order valence-electron chi connectivity index (χ2n) is 7.00. The summed E-state index contributed by atoms with van der Waals surface area (Å²) in [5.41, 5.74) is 0.370. The molecular formula is C23H17Cl2NO3. The summed E-state index contributed by atoms with van der Waals surface area (Å²) in [5.74, 6) is -0.850. The van der Waals surface area contributed by atoms with Gasteiger partial charge in [0.1, 0.15) is 0 Å². The first-order valence-corrected chi connectivity index (χ1v) is 9.81. The van der Waals surface area contributed by atoms with Gasteiger partial charge in [0.05, 0.1) is 18.7 Å². The fraction of sp³-hybridized carbons (Fsp3) is 0.130. The van der Waals surface area contributed by atoms with Crippen LogP contribution in [0.4, 0.5) is 5.69 Å². The van der Waals surface area contributed by atoms with Crippen LogP contribution >= 0.6 is 23.2 Å². The molecule has 1 aliphatic heterocycles. The van der Waals surface area contributed by atoms with E-state index in [-0.39, 0.29) is 18.7 Å². The standard InChI is InChI=1S/C23H17Cl2NO3/c24-17-9-5-15(6-10-17)14-26-20-4-2-1-3-19(20)23(29,22(26)28)13-21(27)16-7-11-18(25)12-8-16/h1-12,29H,13-14H2. The molecule has 29 heavy (non-hydrogen) atoms.